The van der Waals surface area contributed by atoms with E-state index in [4.69, 9.17) is 17.0 Å². The molecule has 0 atom stereocenters. The van der Waals surface area contributed by atoms with Gasteiger partial charge in [-0.3, -0.25) is 0 Å². The first-order valence-corrected chi connectivity index (χ1v) is 3.25. The van der Waals surface area contributed by atoms with Crippen molar-refractivity contribution in [3.05, 3.63) is 16.5 Å². The lowest BCUT2D eigenvalue weighted by Gasteiger charge is -1.98. The average Bonchev–Trinajstić information content (AvgIpc) is 1.85. The first kappa shape index (κ1) is 7.21. The molecule has 0 unspecified atom stereocenters. The molecule has 1 rings (SSSR count). The van der Waals surface area contributed by atoms with Gasteiger partial charge in [-0.05, 0) is 6.92 Å². The van der Waals surface area contributed by atoms with Gasteiger partial charge in [0.25, 0.3) is 0 Å². The van der Waals surface area contributed by atoms with Crippen LogP contribution in [0.4, 0.5) is 0 Å². The smallest absolute Gasteiger partial charge is 0.194 e. The summed E-state index contributed by atoms with van der Waals surface area (Å²) in [5.41, 5.74) is 0. The largest absolute Gasteiger partial charge is 0.482 e. The predicted molar refractivity (Wildman–Crippen MR) is 40.7 cm³/mol. The zero-order chi connectivity index (χ0) is 7.56. The molecule has 0 aliphatic heterocycles. The third-order valence-electron chi connectivity index (χ3n) is 1.06. The van der Waals surface area contributed by atoms with E-state index in [1.54, 1.807) is 13.2 Å². The minimum absolute atomic E-state index is 0.549. The minimum atomic E-state index is 0.549. The zero-order valence-electron chi connectivity index (χ0n) is 5.84. The summed E-state index contributed by atoms with van der Waals surface area (Å²) >= 11 is 4.84. The number of H-pyrrole nitrogens is 1. The number of nitrogens with one attached hydrogen (secondary N) is 1. The van der Waals surface area contributed by atoms with Gasteiger partial charge in [-0.2, -0.15) is 0 Å². The second-order valence-electron chi connectivity index (χ2n) is 1.87. The molecule has 54 valence electrons. The highest BCUT2D eigenvalue weighted by molar-refractivity contribution is 7.71. The molecular formula is C6H8N2OS. The van der Waals surface area contributed by atoms with E-state index in [0.29, 0.717) is 10.5 Å². The molecule has 0 amide bonds. The van der Waals surface area contributed by atoms with Crippen LogP contribution < -0.4 is 4.74 Å². The van der Waals surface area contributed by atoms with E-state index in [9.17, 15) is 0 Å². The first-order valence-electron chi connectivity index (χ1n) is 2.84. The number of hydrogen-bond acceptors (Lipinski definition) is 3. The molecule has 4 heteroatoms. The van der Waals surface area contributed by atoms with E-state index in [0.717, 1.165) is 5.82 Å². The molecule has 0 spiro atoms. The highest BCUT2D eigenvalue weighted by Gasteiger charge is 1.91. The van der Waals surface area contributed by atoms with Gasteiger partial charge in [-0.25, -0.2) is 4.98 Å². The fraction of sp³-hybridized carbons (Fsp3) is 0.333. The molecule has 0 saturated heterocycles. The number of aromatic nitrogens is 2. The topological polar surface area (TPSA) is 37.9 Å². The Kier molecular flexibility index (Phi) is 2.01. The minimum Gasteiger partial charge on any atom is -0.482 e. The van der Waals surface area contributed by atoms with Crippen LogP contribution in [0.15, 0.2) is 6.07 Å². The number of aromatic amines is 1. The van der Waals surface area contributed by atoms with Crippen LogP contribution in [0.5, 0.6) is 5.88 Å². The molecule has 0 fully saturated rings. The van der Waals surface area contributed by atoms with E-state index < -0.39 is 0 Å². The van der Waals surface area contributed by atoms with E-state index >= 15 is 0 Å². The molecule has 1 heterocycles. The standard InChI is InChI=1S/C6H8N2OS/c1-4-7-5(9-2)3-6(10)8-4/h3H,1-2H3,(H,7,8,10). The van der Waals surface area contributed by atoms with Crippen LogP contribution >= 0.6 is 12.2 Å². The molecule has 3 nitrogen and oxygen atoms in total. The maximum atomic E-state index is 4.91. The van der Waals surface area contributed by atoms with E-state index in [-0.39, 0.29) is 0 Å². The second kappa shape index (κ2) is 2.79. The Morgan fingerprint density at radius 2 is 2.40 bits per heavy atom. The van der Waals surface area contributed by atoms with Crippen molar-refractivity contribution < 1.29 is 4.74 Å². The van der Waals surface area contributed by atoms with Crippen LogP contribution in [0.2, 0.25) is 0 Å². The summed E-state index contributed by atoms with van der Waals surface area (Å²) in [5.74, 6) is 1.42. The van der Waals surface area contributed by atoms with Gasteiger partial charge in [0.05, 0.1) is 7.11 Å². The van der Waals surface area contributed by atoms with E-state index in [2.05, 4.69) is 9.97 Å². The Bertz CT molecular complexity index is 281. The normalized spacial score (nSPS) is 9.40. The molecule has 1 N–H and O–H groups in total. The van der Waals surface area contributed by atoms with Crippen LogP contribution in [0, 0.1) is 11.6 Å². The molecule has 1 aromatic heterocycles. The van der Waals surface area contributed by atoms with Crippen LogP contribution in [-0.4, -0.2) is 17.1 Å². The van der Waals surface area contributed by atoms with Gasteiger partial charge >= 0.3 is 0 Å². The van der Waals surface area contributed by atoms with Crippen molar-refractivity contribution in [3.63, 3.8) is 0 Å². The highest BCUT2D eigenvalue weighted by atomic mass is 32.1. The van der Waals surface area contributed by atoms with Gasteiger partial charge in [0, 0.05) is 6.07 Å². The van der Waals surface area contributed by atoms with Crippen LogP contribution in [0.1, 0.15) is 5.82 Å². The molecule has 10 heavy (non-hydrogen) atoms. The first-order chi connectivity index (χ1) is 4.72. The average molecular weight is 156 g/mol. The molecule has 0 saturated carbocycles. The van der Waals surface area contributed by atoms with Gasteiger partial charge < -0.3 is 9.72 Å². The Balaban J connectivity index is 3.19. The molecule has 0 aromatic carbocycles. The molecular weight excluding hydrogens is 148 g/mol. The quantitative estimate of drug-likeness (QED) is 0.625. The van der Waals surface area contributed by atoms with E-state index in [1.165, 1.54) is 0 Å². The summed E-state index contributed by atoms with van der Waals surface area (Å²) in [6.45, 7) is 1.83. The summed E-state index contributed by atoms with van der Waals surface area (Å²) in [5, 5.41) is 0. The van der Waals surface area contributed by atoms with Gasteiger partial charge in [0.1, 0.15) is 10.5 Å². The summed E-state index contributed by atoms with van der Waals surface area (Å²) in [7, 11) is 1.58. The summed E-state index contributed by atoms with van der Waals surface area (Å²) in [6, 6.07) is 1.67. The van der Waals surface area contributed by atoms with E-state index in [1.807, 2.05) is 6.92 Å². The van der Waals surface area contributed by atoms with Crippen molar-refractivity contribution in [3.8, 4) is 5.88 Å². The maximum Gasteiger partial charge on any atom is 0.194 e. The molecule has 0 aliphatic carbocycles. The second-order valence-corrected chi connectivity index (χ2v) is 2.29. The number of aryl methyl sites for hydroxylation is 1. The van der Waals surface area contributed by atoms with Gasteiger partial charge in [0.2, 0.25) is 0 Å². The van der Waals surface area contributed by atoms with Crippen LogP contribution in [-0.2, 0) is 0 Å². The number of ether oxygens (including phenoxy) is 1. The van der Waals surface area contributed by atoms with Crippen molar-refractivity contribution >= 4 is 12.2 Å². The fourth-order valence-corrected chi connectivity index (χ4v) is 0.906. The number of hydrogen-bond donors (Lipinski definition) is 1. The third kappa shape index (κ3) is 1.54. The lowest BCUT2D eigenvalue weighted by atomic mass is 10.6. The Hall–Kier alpha value is -0.900. The van der Waals surface area contributed by atoms with Gasteiger partial charge in [-0.1, -0.05) is 12.2 Å². The van der Waals surface area contributed by atoms with Gasteiger partial charge in [-0.15, -0.1) is 0 Å². The van der Waals surface area contributed by atoms with Crippen molar-refractivity contribution in [2.24, 2.45) is 0 Å². The lowest BCUT2D eigenvalue weighted by Crippen LogP contribution is -1.92. The summed E-state index contributed by atoms with van der Waals surface area (Å²) < 4.78 is 5.46. The summed E-state index contributed by atoms with van der Waals surface area (Å²) in [6.07, 6.45) is 0. The van der Waals surface area contributed by atoms with Crippen molar-refractivity contribution in [2.45, 2.75) is 6.92 Å². The molecule has 0 bridgehead atoms. The Morgan fingerprint density at radius 3 is 2.90 bits per heavy atom. The SMILES string of the molecule is COc1cc(=S)nc(C)[nH]1. The molecule has 0 aliphatic rings. The van der Waals surface area contributed by atoms with Crippen molar-refractivity contribution in [2.75, 3.05) is 7.11 Å². The fourth-order valence-electron chi connectivity index (χ4n) is 0.662. The predicted octanol–water partition coefficient (Wildman–Crippen LogP) is 1.46. The maximum absolute atomic E-state index is 4.91. The van der Waals surface area contributed by atoms with Crippen molar-refractivity contribution in [1.29, 1.82) is 0 Å². The molecule has 1 aromatic rings. The highest BCUT2D eigenvalue weighted by Crippen LogP contribution is 2.03. The number of nitrogens with zero attached hydrogens (tertiary/aromatic N) is 1. The monoisotopic (exact) mass is 156 g/mol. The Morgan fingerprint density at radius 1 is 1.70 bits per heavy atom. The molecule has 0 radical (unpaired) electrons. The number of rotatable bonds is 1. The lowest BCUT2D eigenvalue weighted by molar-refractivity contribution is 0.395. The summed E-state index contributed by atoms with van der Waals surface area (Å²) in [4.78, 5) is 6.86. The third-order valence-corrected chi connectivity index (χ3v) is 1.27. The Labute approximate surface area is 64.1 Å². The zero-order valence-corrected chi connectivity index (χ0v) is 6.66. The van der Waals surface area contributed by atoms with Crippen LogP contribution in [0.3, 0.4) is 0 Å². The van der Waals surface area contributed by atoms with Crippen LogP contribution in [0.25, 0.3) is 0 Å². The van der Waals surface area contributed by atoms with Crippen molar-refractivity contribution in [1.82, 2.24) is 9.97 Å². The van der Waals surface area contributed by atoms with Gasteiger partial charge in [0.15, 0.2) is 5.88 Å². The number of methoxy groups -OCH3 is 1.